The molecule has 1 saturated carbocycles. The summed E-state index contributed by atoms with van der Waals surface area (Å²) in [5.41, 5.74) is 6.49. The SMILES string of the molecule is CCCCCC1CCC(N2CCN(c3ccc(C(=O)N[C@H]4CC(O)CNC(=O)C5C(O)C(C)CN5C(=O)C(C(O)CC(N)=O)NC(=O)C(C(O)Cc5ccc(O)c(OSOOO)c5)NC(=O)C5CC(O)CN5C(=O)C(C(C)O)NC4=O)cc3)CC2)CC1. The molecule has 482 valence electrons. The van der Waals surface area contributed by atoms with Gasteiger partial charge in [-0.2, -0.15) is 0 Å². The number of piperazine rings is 1. The number of hydrogen-bond donors (Lipinski definition) is 14. The third-order valence-corrected chi connectivity index (χ3v) is 17.5. The predicted octanol–water partition coefficient (Wildman–Crippen LogP) is -2.16. The molecule has 0 aromatic heterocycles. The molecule has 12 unspecified atom stereocenters. The smallest absolute Gasteiger partial charge is 0.261 e. The number of primary amides is 1. The van der Waals surface area contributed by atoms with Crippen LogP contribution in [0.1, 0.15) is 107 Å². The Morgan fingerprint density at radius 1 is 0.782 bits per heavy atom. The van der Waals surface area contributed by atoms with E-state index in [4.69, 9.17) is 15.2 Å². The quantitative estimate of drug-likeness (QED) is 0.0308. The van der Waals surface area contributed by atoms with Crippen LogP contribution in [0.15, 0.2) is 42.5 Å². The number of phenolic OH excluding ortho intramolecular Hbond substituents is 1. The number of carbonyl (C=O) groups excluding carboxylic acids is 8. The van der Waals surface area contributed by atoms with Gasteiger partial charge in [0.05, 0.1) is 43.0 Å². The Hall–Kier alpha value is -6.45. The Balaban J connectivity index is 1.15. The molecule has 15 N–H and O–H groups in total. The van der Waals surface area contributed by atoms with E-state index in [1.54, 1.807) is 24.3 Å². The Labute approximate surface area is 507 Å². The van der Waals surface area contributed by atoms with Crippen molar-refractivity contribution < 1.29 is 92.9 Å². The summed E-state index contributed by atoms with van der Waals surface area (Å²) in [5, 5.41) is 103. The maximum Gasteiger partial charge on any atom is 0.261 e. The second-order valence-electron chi connectivity index (χ2n) is 23.5. The topological polar surface area (TPSA) is 425 Å². The first kappa shape index (κ1) is 68.0. The fraction of sp³-hybridized carbons (Fsp3) is 0.649. The Bertz CT molecular complexity index is 2700. The fourth-order valence-electron chi connectivity index (χ4n) is 12.3. The summed E-state index contributed by atoms with van der Waals surface area (Å²) in [5.74, 6) is -9.99. The number of nitrogens with one attached hydrogen (secondary N) is 5. The number of benzene rings is 2. The highest BCUT2D eigenvalue weighted by molar-refractivity contribution is 7.90. The van der Waals surface area contributed by atoms with Gasteiger partial charge in [0.2, 0.25) is 41.4 Å². The van der Waals surface area contributed by atoms with Gasteiger partial charge < -0.3 is 86.9 Å². The van der Waals surface area contributed by atoms with Crippen molar-refractivity contribution in [1.29, 1.82) is 0 Å². The summed E-state index contributed by atoms with van der Waals surface area (Å²) >= 11 is 0.0660. The molecule has 7 rings (SSSR count). The molecule has 13 atom stereocenters. The van der Waals surface area contributed by atoms with E-state index >= 15 is 0 Å². The Kier molecular flexibility index (Phi) is 24.7. The largest absolute Gasteiger partial charge is 0.504 e. The van der Waals surface area contributed by atoms with Crippen LogP contribution in [0, 0.1) is 11.8 Å². The van der Waals surface area contributed by atoms with Crippen molar-refractivity contribution in [3.63, 3.8) is 0 Å². The average Bonchev–Trinajstić information content (AvgIpc) is 2.19. The number of fused-ring (bicyclic) bond motifs is 2. The molecule has 30 heteroatoms. The highest BCUT2D eigenvalue weighted by atomic mass is 32.2. The number of unbranched alkanes of at least 4 members (excludes halogenated alkanes) is 2. The van der Waals surface area contributed by atoms with Crippen molar-refractivity contribution in [1.82, 2.24) is 41.3 Å². The van der Waals surface area contributed by atoms with Gasteiger partial charge >= 0.3 is 0 Å². The zero-order valence-electron chi connectivity index (χ0n) is 49.0. The maximum absolute atomic E-state index is 14.7. The second kappa shape index (κ2) is 31.6. The van der Waals surface area contributed by atoms with Crippen molar-refractivity contribution in [2.45, 2.75) is 177 Å². The lowest BCUT2D eigenvalue weighted by atomic mass is 9.82. The summed E-state index contributed by atoms with van der Waals surface area (Å²) < 4.78 is 9.31. The van der Waals surface area contributed by atoms with E-state index in [1.807, 2.05) is 0 Å². The Morgan fingerprint density at radius 3 is 2.10 bits per heavy atom. The minimum Gasteiger partial charge on any atom is -0.504 e. The summed E-state index contributed by atoms with van der Waals surface area (Å²) in [7, 11) is 0. The molecule has 0 spiro atoms. The van der Waals surface area contributed by atoms with Crippen molar-refractivity contribution in [3.8, 4) is 11.5 Å². The first-order valence-electron chi connectivity index (χ1n) is 29.7. The van der Waals surface area contributed by atoms with Crippen molar-refractivity contribution in [3.05, 3.63) is 53.6 Å². The van der Waals surface area contributed by atoms with E-state index in [9.17, 15) is 74.1 Å². The summed E-state index contributed by atoms with van der Waals surface area (Å²) in [4.78, 5) is 120. The predicted molar refractivity (Wildman–Crippen MR) is 310 cm³/mol. The van der Waals surface area contributed by atoms with E-state index in [1.165, 1.54) is 64.4 Å². The number of amides is 8. The molecule has 8 amide bonds. The number of carbonyl (C=O) groups is 8. The molecule has 0 bridgehead atoms. The number of aliphatic hydroxyl groups excluding tert-OH is 6. The lowest BCUT2D eigenvalue weighted by molar-refractivity contribution is -0.433. The number of aliphatic hydroxyl groups is 6. The van der Waals surface area contributed by atoms with E-state index < -0.39 is 171 Å². The molecule has 4 saturated heterocycles. The lowest BCUT2D eigenvalue weighted by Gasteiger charge is -2.42. The number of nitrogens with two attached hydrogens (primary N) is 1. The van der Waals surface area contributed by atoms with Crippen molar-refractivity contribution >= 4 is 65.3 Å². The van der Waals surface area contributed by atoms with Crippen LogP contribution in [0.4, 0.5) is 5.69 Å². The van der Waals surface area contributed by atoms with Gasteiger partial charge in [-0.1, -0.05) is 55.0 Å². The van der Waals surface area contributed by atoms with Gasteiger partial charge in [0.15, 0.2) is 11.5 Å². The summed E-state index contributed by atoms with van der Waals surface area (Å²) in [6.07, 6.45) is -3.35. The minimum absolute atomic E-state index is 0.0660. The van der Waals surface area contributed by atoms with Crippen LogP contribution in [-0.4, -0.2) is 228 Å². The van der Waals surface area contributed by atoms with Gasteiger partial charge in [0.1, 0.15) is 36.3 Å². The fourth-order valence-corrected chi connectivity index (χ4v) is 12.6. The number of β-amino-alcohol motifs (C(OH)–C–C–N with tert-alkyl or cyclic N) is 1. The summed E-state index contributed by atoms with van der Waals surface area (Å²) in [6.45, 7) is 6.54. The van der Waals surface area contributed by atoms with Gasteiger partial charge in [-0.15, -0.1) is 0 Å². The molecule has 1 aliphatic carbocycles. The lowest BCUT2D eigenvalue weighted by Crippen LogP contribution is -2.64. The van der Waals surface area contributed by atoms with Crippen LogP contribution in [0.2, 0.25) is 0 Å². The molecule has 29 nitrogen and oxygen atoms in total. The standard InChI is InChI=1S/C57H84N10O19S/c1-4-5-6-7-32-8-13-35(14-9-32)64-18-20-65(21-19-64)36-15-11-34(12-16-36)51(76)60-39-24-37(69)27-59-55(80)49-50(75)30(2)28-67(49)57(82)48(43(73)26-45(58)74)63-54(79)47(42(72)22-33-10-17-41(71)44(23-33)84-87-86-85-83)62-53(78)40-25-38(70)29-66(40)56(81)46(31(3)68)61-52(39)77/h10-12,15-17,23,30-32,35,37-40,42-43,46-50,68-73,75,83H,4-9,13-14,18-22,24-29H2,1-3H3,(H2,58,74)(H,59,80)(H,60,76)(H,61,77)(H,62,78)(H,63,79)/t30?,31?,32?,35?,37?,38?,39-,40?,42?,43?,46?,47?,48?,49?,50?/m0/s1. The third kappa shape index (κ3) is 17.9. The van der Waals surface area contributed by atoms with Gasteiger partial charge in [-0.25, -0.2) is 5.26 Å². The van der Waals surface area contributed by atoms with Crippen LogP contribution in [0.3, 0.4) is 0 Å². The van der Waals surface area contributed by atoms with E-state index in [-0.39, 0.29) is 35.7 Å². The molecular weight excluding hydrogens is 1160 g/mol. The zero-order valence-corrected chi connectivity index (χ0v) is 49.8. The molecule has 5 aliphatic rings. The van der Waals surface area contributed by atoms with Crippen LogP contribution in [0.5, 0.6) is 11.5 Å². The molecule has 87 heavy (non-hydrogen) atoms. The van der Waals surface area contributed by atoms with E-state index in [0.717, 1.165) is 66.6 Å². The Morgan fingerprint density at radius 2 is 1.45 bits per heavy atom. The normalized spacial score (nSPS) is 29.5. The number of aromatic hydroxyl groups is 1. The first-order chi connectivity index (χ1) is 41.5. The van der Waals surface area contributed by atoms with Gasteiger partial charge in [-0.3, -0.25) is 43.3 Å². The molecule has 4 heterocycles. The molecule has 5 fully saturated rings. The van der Waals surface area contributed by atoms with Crippen molar-refractivity contribution in [2.24, 2.45) is 17.6 Å². The molecular formula is C57H84N10O19S. The highest BCUT2D eigenvalue weighted by Gasteiger charge is 2.50. The van der Waals surface area contributed by atoms with Crippen LogP contribution < -0.4 is 41.4 Å². The van der Waals surface area contributed by atoms with Gasteiger partial charge in [-0.05, 0) is 80.5 Å². The van der Waals surface area contributed by atoms with Crippen molar-refractivity contribution in [2.75, 3.05) is 50.7 Å². The molecule has 4 aliphatic heterocycles. The monoisotopic (exact) mass is 1240 g/mol. The summed E-state index contributed by atoms with van der Waals surface area (Å²) in [6, 6.07) is -0.700. The maximum atomic E-state index is 14.7. The molecule has 0 radical (unpaired) electrons. The molecule has 2 aromatic rings. The average molecular weight is 1250 g/mol. The van der Waals surface area contributed by atoms with E-state index in [0.29, 0.717) is 6.04 Å². The number of hydrogen-bond acceptors (Lipinski definition) is 22. The number of rotatable bonds is 19. The second-order valence-corrected chi connectivity index (χ2v) is 23.9. The number of phenols is 1. The third-order valence-electron chi connectivity index (χ3n) is 17.2. The highest BCUT2D eigenvalue weighted by Crippen LogP contribution is 2.34. The minimum atomic E-state index is -2.20. The van der Waals surface area contributed by atoms with Crippen LogP contribution in [0.25, 0.3) is 0 Å². The van der Waals surface area contributed by atoms with Crippen LogP contribution in [-0.2, 0) is 49.4 Å². The van der Waals surface area contributed by atoms with Crippen LogP contribution >= 0.6 is 12.3 Å². The number of nitrogens with zero attached hydrogens (tertiary/aromatic N) is 4. The van der Waals surface area contributed by atoms with Gasteiger partial charge in [0.25, 0.3) is 18.2 Å². The first-order valence-corrected chi connectivity index (χ1v) is 30.3. The van der Waals surface area contributed by atoms with Gasteiger partial charge in [0, 0.05) is 88.3 Å². The number of anilines is 1. The zero-order chi connectivity index (χ0) is 63.2. The molecule has 2 aromatic carbocycles. The van der Waals surface area contributed by atoms with E-state index in [2.05, 4.69) is 52.7 Å².